The highest BCUT2D eigenvalue weighted by Crippen LogP contribution is 2.30. The number of hydrogen-bond donors (Lipinski definition) is 1. The molecule has 0 saturated carbocycles. The molecule has 28 heavy (non-hydrogen) atoms. The van der Waals surface area contributed by atoms with E-state index in [1.54, 1.807) is 6.92 Å². The second-order valence-corrected chi connectivity index (χ2v) is 9.36. The fourth-order valence-corrected chi connectivity index (χ4v) is 4.00. The third-order valence-corrected chi connectivity index (χ3v) is 6.85. The second-order valence-electron chi connectivity index (χ2n) is 5.20. The molecule has 1 aromatic rings. The van der Waals surface area contributed by atoms with Crippen LogP contribution in [0.3, 0.4) is 0 Å². The number of hydrogen-bond acceptors (Lipinski definition) is 7. The van der Waals surface area contributed by atoms with E-state index < -0.39 is 34.2 Å². The van der Waals surface area contributed by atoms with Crippen molar-refractivity contribution in [3.8, 4) is 5.75 Å². The topological polar surface area (TPSA) is 118 Å². The van der Waals surface area contributed by atoms with Crippen molar-refractivity contribution >= 4 is 26.3 Å². The van der Waals surface area contributed by atoms with Gasteiger partial charge in [-0.2, -0.15) is 13.2 Å². The predicted molar refractivity (Wildman–Crippen MR) is 94.4 cm³/mol. The molecule has 0 atom stereocenters. The standard InChI is InChI=1S/C11H14F3NO6S2.C4H6O/c1-15(23(19,20)11(12,13)14)22(17,18)10-5-3-9(4-6-10)21-8-2-7-16;1-4(2)3-5/h3-6,16H,2,7-8H2,1H3;3H,1H2,2H3. The van der Waals surface area contributed by atoms with Gasteiger partial charge in [0.2, 0.25) is 0 Å². The molecular weight excluding hydrogens is 427 g/mol. The van der Waals surface area contributed by atoms with Gasteiger partial charge in [0.1, 0.15) is 12.0 Å². The van der Waals surface area contributed by atoms with Gasteiger partial charge in [0.05, 0.1) is 11.5 Å². The van der Waals surface area contributed by atoms with Crippen molar-refractivity contribution in [2.45, 2.75) is 23.7 Å². The lowest BCUT2D eigenvalue weighted by molar-refractivity contribution is -0.104. The number of ether oxygens (including phenoxy) is 1. The molecule has 0 aliphatic carbocycles. The van der Waals surface area contributed by atoms with E-state index >= 15 is 0 Å². The molecule has 0 bridgehead atoms. The van der Waals surface area contributed by atoms with Crippen molar-refractivity contribution in [3.05, 3.63) is 36.4 Å². The minimum Gasteiger partial charge on any atom is -0.494 e. The SMILES string of the molecule is C=C(C)C=O.CN(S(=O)(=O)c1ccc(OCCCO)cc1)S(=O)(=O)C(F)(F)F. The highest BCUT2D eigenvalue weighted by Gasteiger charge is 2.52. The van der Waals surface area contributed by atoms with E-state index in [1.165, 1.54) is 0 Å². The summed E-state index contributed by atoms with van der Waals surface area (Å²) in [6.07, 6.45) is 1.06. The van der Waals surface area contributed by atoms with E-state index in [2.05, 4.69) is 6.58 Å². The van der Waals surface area contributed by atoms with Gasteiger partial charge >= 0.3 is 15.5 Å². The van der Waals surface area contributed by atoms with E-state index in [0.717, 1.165) is 30.6 Å². The Labute approximate surface area is 161 Å². The number of nitrogens with zero attached hydrogens (tertiary/aromatic N) is 1. The third kappa shape index (κ3) is 7.22. The maximum absolute atomic E-state index is 12.4. The third-order valence-electron chi connectivity index (χ3n) is 2.86. The lowest BCUT2D eigenvalue weighted by atomic mass is 10.3. The van der Waals surface area contributed by atoms with Gasteiger partial charge in [-0.25, -0.2) is 16.8 Å². The zero-order valence-electron chi connectivity index (χ0n) is 15.0. The minimum absolute atomic E-state index is 0.105. The van der Waals surface area contributed by atoms with Crippen LogP contribution in [0.1, 0.15) is 13.3 Å². The molecule has 0 aliphatic heterocycles. The molecule has 0 aromatic heterocycles. The Morgan fingerprint density at radius 3 is 2.04 bits per heavy atom. The van der Waals surface area contributed by atoms with Gasteiger partial charge in [-0.3, -0.25) is 4.79 Å². The molecule has 0 radical (unpaired) electrons. The molecule has 0 amide bonds. The number of rotatable bonds is 8. The second kappa shape index (κ2) is 10.5. The molecule has 1 aromatic carbocycles. The molecule has 0 fully saturated rings. The smallest absolute Gasteiger partial charge is 0.494 e. The number of allylic oxidation sites excluding steroid dienone is 1. The summed E-state index contributed by atoms with van der Waals surface area (Å²) in [7, 11) is -10.6. The molecule has 0 aliphatic rings. The normalized spacial score (nSPS) is 12.1. The fourth-order valence-electron chi connectivity index (χ4n) is 1.39. The first-order valence-corrected chi connectivity index (χ1v) is 10.3. The summed E-state index contributed by atoms with van der Waals surface area (Å²) in [6.45, 7) is 5.02. The average Bonchev–Trinajstić information content (AvgIpc) is 2.61. The van der Waals surface area contributed by atoms with Gasteiger partial charge in [0.25, 0.3) is 10.0 Å². The molecular formula is C15H20F3NO7S2. The van der Waals surface area contributed by atoms with Crippen LogP contribution < -0.4 is 4.74 Å². The Kier molecular flexibility index (Phi) is 9.81. The van der Waals surface area contributed by atoms with Crippen LogP contribution in [0.25, 0.3) is 0 Å². The molecule has 0 heterocycles. The Hall–Kier alpha value is -1.96. The first-order valence-electron chi connectivity index (χ1n) is 7.46. The van der Waals surface area contributed by atoms with Crippen LogP contribution in [0.4, 0.5) is 13.2 Å². The Morgan fingerprint density at radius 1 is 1.21 bits per heavy atom. The van der Waals surface area contributed by atoms with Gasteiger partial charge < -0.3 is 9.84 Å². The number of aliphatic hydroxyl groups is 1. The number of carbonyl (C=O) groups excluding carboxylic acids is 1. The van der Waals surface area contributed by atoms with Crippen molar-refractivity contribution in [2.75, 3.05) is 20.3 Å². The van der Waals surface area contributed by atoms with E-state index in [9.17, 15) is 34.8 Å². The lowest BCUT2D eigenvalue weighted by Crippen LogP contribution is -2.41. The molecule has 13 heteroatoms. The van der Waals surface area contributed by atoms with Crippen LogP contribution in [0.2, 0.25) is 0 Å². The summed E-state index contributed by atoms with van der Waals surface area (Å²) in [5.41, 5.74) is -5.16. The minimum atomic E-state index is -6.02. The first-order chi connectivity index (χ1) is 12.7. The molecule has 0 unspecified atom stereocenters. The monoisotopic (exact) mass is 447 g/mol. The Balaban J connectivity index is 0.00000129. The van der Waals surface area contributed by atoms with Crippen LogP contribution in [0.5, 0.6) is 5.75 Å². The van der Waals surface area contributed by atoms with Crippen molar-refractivity contribution in [2.24, 2.45) is 0 Å². The summed E-state index contributed by atoms with van der Waals surface area (Å²) < 4.78 is 88.0. The molecule has 0 spiro atoms. The highest BCUT2D eigenvalue weighted by molar-refractivity contribution is 8.04. The number of sulfonamides is 2. The number of aliphatic hydroxyl groups excluding tert-OH is 1. The Morgan fingerprint density at radius 2 is 1.68 bits per heavy atom. The van der Waals surface area contributed by atoms with Gasteiger partial charge in [-0.05, 0) is 36.8 Å². The van der Waals surface area contributed by atoms with Gasteiger partial charge in [-0.15, -0.1) is 0 Å². The molecule has 1 N–H and O–H groups in total. The van der Waals surface area contributed by atoms with Crippen molar-refractivity contribution < 1.29 is 44.6 Å². The van der Waals surface area contributed by atoms with E-state index in [4.69, 9.17) is 9.84 Å². The average molecular weight is 447 g/mol. The number of benzene rings is 1. The van der Waals surface area contributed by atoms with Gasteiger partial charge in [0, 0.05) is 20.1 Å². The summed E-state index contributed by atoms with van der Waals surface area (Å²) in [4.78, 5) is 8.77. The number of aldehydes is 1. The summed E-state index contributed by atoms with van der Waals surface area (Å²) in [5.74, 6) is 0.221. The van der Waals surface area contributed by atoms with Crippen LogP contribution >= 0.6 is 0 Å². The number of halogens is 3. The molecule has 8 nitrogen and oxygen atoms in total. The quantitative estimate of drug-likeness (QED) is 0.366. The summed E-state index contributed by atoms with van der Waals surface area (Å²) in [6, 6.07) is 4.18. The number of alkyl halides is 3. The summed E-state index contributed by atoms with van der Waals surface area (Å²) in [5, 5.41) is 8.58. The molecule has 1 rings (SSSR count). The first kappa shape index (κ1) is 26.0. The zero-order valence-corrected chi connectivity index (χ0v) is 16.6. The van der Waals surface area contributed by atoms with Gasteiger partial charge in [0.15, 0.2) is 0 Å². The fraction of sp³-hybridized carbons (Fsp3) is 0.400. The number of carbonyl (C=O) groups is 1. The van der Waals surface area contributed by atoms with Crippen molar-refractivity contribution in [1.82, 2.24) is 3.71 Å². The predicted octanol–water partition coefficient (Wildman–Crippen LogP) is 1.68. The Bertz CT molecular complexity index is 864. The molecule has 0 saturated heterocycles. The van der Waals surface area contributed by atoms with E-state index in [0.29, 0.717) is 19.0 Å². The van der Waals surface area contributed by atoms with Crippen LogP contribution in [0.15, 0.2) is 41.3 Å². The van der Waals surface area contributed by atoms with E-state index in [1.807, 2.05) is 0 Å². The van der Waals surface area contributed by atoms with Crippen molar-refractivity contribution in [3.63, 3.8) is 0 Å². The largest absolute Gasteiger partial charge is 0.512 e. The van der Waals surface area contributed by atoms with Gasteiger partial charge in [-0.1, -0.05) is 10.3 Å². The maximum atomic E-state index is 12.4. The lowest BCUT2D eigenvalue weighted by Gasteiger charge is -2.19. The van der Waals surface area contributed by atoms with Crippen LogP contribution in [-0.2, 0) is 24.8 Å². The van der Waals surface area contributed by atoms with Crippen LogP contribution in [0, 0.1) is 0 Å². The summed E-state index contributed by atoms with van der Waals surface area (Å²) >= 11 is 0. The highest BCUT2D eigenvalue weighted by atomic mass is 32.3. The van der Waals surface area contributed by atoms with Crippen molar-refractivity contribution in [1.29, 1.82) is 0 Å². The zero-order chi connectivity index (χ0) is 22.2. The van der Waals surface area contributed by atoms with E-state index in [-0.39, 0.29) is 19.0 Å². The molecule has 160 valence electrons. The maximum Gasteiger partial charge on any atom is 0.512 e. The van der Waals surface area contributed by atoms with Crippen LogP contribution in [-0.4, -0.2) is 57.7 Å².